The van der Waals surface area contributed by atoms with Gasteiger partial charge in [0.1, 0.15) is 0 Å². The highest BCUT2D eigenvalue weighted by Gasteiger charge is 2.44. The van der Waals surface area contributed by atoms with Crippen LogP contribution in [0.25, 0.3) is 55.6 Å². The van der Waals surface area contributed by atoms with Crippen LogP contribution >= 0.6 is 23.2 Å². The third kappa shape index (κ3) is 6.84. The molecule has 0 saturated carbocycles. The van der Waals surface area contributed by atoms with E-state index < -0.39 is 0 Å². The predicted octanol–water partition coefficient (Wildman–Crippen LogP) is 15.4. The Morgan fingerprint density at radius 3 is 0.985 bits per heavy atom. The summed E-state index contributed by atoms with van der Waals surface area (Å²) in [6, 6.07) is 85.0. The quantitative estimate of drug-likeness (QED) is 0.147. The number of halogens is 2. The predicted molar refractivity (Wildman–Crippen MR) is 278 cm³/mol. The van der Waals surface area contributed by atoms with Crippen LogP contribution < -0.4 is 26.2 Å². The molecular weight excluding hydrogens is 830 g/mol. The van der Waals surface area contributed by atoms with Gasteiger partial charge in [0.2, 0.25) is 0 Å². The summed E-state index contributed by atoms with van der Waals surface area (Å²) in [6.45, 7) is -0.130. The van der Waals surface area contributed by atoms with Crippen molar-refractivity contribution in [3.63, 3.8) is 0 Å². The fourth-order valence-corrected chi connectivity index (χ4v) is 10.4. The highest BCUT2D eigenvalue weighted by atomic mass is 35.5. The Morgan fingerprint density at radius 1 is 0.262 bits per heavy atom. The van der Waals surface area contributed by atoms with E-state index in [1.807, 2.05) is 12.1 Å². The summed E-state index contributed by atoms with van der Waals surface area (Å²) >= 11 is 13.9. The van der Waals surface area contributed by atoms with Crippen molar-refractivity contribution in [3.05, 3.63) is 247 Å². The first-order chi connectivity index (χ1) is 32.1. The average Bonchev–Trinajstić information content (AvgIpc) is 3.37. The smallest absolute Gasteiger partial charge is 0.252 e. The van der Waals surface area contributed by atoms with Crippen molar-refractivity contribution in [2.75, 3.05) is 9.80 Å². The van der Waals surface area contributed by atoms with Gasteiger partial charge in [0.25, 0.3) is 6.71 Å². The second-order valence-electron chi connectivity index (χ2n) is 16.7. The van der Waals surface area contributed by atoms with E-state index in [0.717, 1.165) is 67.5 Å². The molecule has 0 atom stereocenters. The largest absolute Gasteiger partial charge is 0.311 e. The number of rotatable bonds is 7. The highest BCUT2D eigenvalue weighted by molar-refractivity contribution is 7.00. The molecule has 10 aromatic carbocycles. The summed E-state index contributed by atoms with van der Waals surface area (Å²) in [5.74, 6) is 0. The monoisotopic (exact) mass is 868 g/mol. The lowest BCUT2D eigenvalue weighted by Gasteiger charge is -2.45. The van der Waals surface area contributed by atoms with Crippen LogP contribution in [0.5, 0.6) is 0 Å². The molecule has 0 aromatic heterocycles. The zero-order chi connectivity index (χ0) is 43.4. The second-order valence-corrected chi connectivity index (χ2v) is 17.6. The number of nitrogens with zero attached hydrogens (tertiary/aromatic N) is 2. The summed E-state index contributed by atoms with van der Waals surface area (Å²) in [4.78, 5) is 4.99. The number of fused-ring (bicyclic) bond motifs is 4. The maximum absolute atomic E-state index is 6.93. The number of benzene rings is 10. The van der Waals surface area contributed by atoms with Gasteiger partial charge in [-0.15, -0.1) is 0 Å². The molecule has 10 aromatic rings. The lowest BCUT2D eigenvalue weighted by Crippen LogP contribution is -2.61. The van der Waals surface area contributed by atoms with Crippen molar-refractivity contribution in [3.8, 4) is 55.6 Å². The van der Waals surface area contributed by atoms with Gasteiger partial charge in [0.15, 0.2) is 0 Å². The lowest BCUT2D eigenvalue weighted by molar-refractivity contribution is 1.25. The van der Waals surface area contributed by atoms with Crippen molar-refractivity contribution < 1.29 is 0 Å². The molecule has 0 aliphatic carbocycles. The van der Waals surface area contributed by atoms with E-state index in [1.165, 1.54) is 38.6 Å². The van der Waals surface area contributed by atoms with E-state index >= 15 is 0 Å². The molecule has 0 spiro atoms. The summed E-state index contributed by atoms with van der Waals surface area (Å²) in [7, 11) is 0. The van der Waals surface area contributed by atoms with Crippen molar-refractivity contribution >= 4 is 80.4 Å². The molecule has 2 aliphatic heterocycles. The van der Waals surface area contributed by atoms with Crippen LogP contribution in [-0.2, 0) is 0 Å². The minimum Gasteiger partial charge on any atom is -0.311 e. The Kier molecular flexibility index (Phi) is 9.75. The third-order valence-corrected chi connectivity index (χ3v) is 13.4. The molecular formula is C60H39BCl2N2. The molecule has 65 heavy (non-hydrogen) atoms. The standard InChI is InChI=1S/C60H39BCl2N2/c62-48-28-32-54(50(38-48)43-22-12-4-13-23-43)64-56-30-26-45(40-16-6-1-7-17-40)34-52(56)61-53-35-46(41-18-8-2-9-19-41)27-31-57(53)65(55-33-29-49(63)39-51(55)44-24-14-5-15-25-44)59-37-47(36-58(64)60(59)61)42-20-10-3-11-21-42/h1-39H. The molecule has 2 heterocycles. The summed E-state index contributed by atoms with van der Waals surface area (Å²) in [5.41, 5.74) is 21.5. The maximum atomic E-state index is 6.93. The summed E-state index contributed by atoms with van der Waals surface area (Å²) in [6.07, 6.45) is 0. The van der Waals surface area contributed by atoms with Crippen LogP contribution in [0, 0.1) is 0 Å². The van der Waals surface area contributed by atoms with E-state index in [1.54, 1.807) is 0 Å². The molecule has 5 heteroatoms. The SMILES string of the molecule is Clc1ccc(N2c3ccc(-c4ccccc4)cc3B3c4cc(-c5ccccc5)ccc4N(c4ccc(Cl)cc4-c4ccccc4)c4cc(-c5ccccc5)cc2c43)c(-c2ccccc2)c1. The molecule has 0 unspecified atom stereocenters. The minimum atomic E-state index is -0.130. The molecule has 0 fully saturated rings. The Labute approximate surface area is 390 Å². The topological polar surface area (TPSA) is 6.48 Å². The number of hydrogen-bond acceptors (Lipinski definition) is 2. The molecule has 0 saturated heterocycles. The van der Waals surface area contributed by atoms with E-state index in [4.69, 9.17) is 23.2 Å². The lowest BCUT2D eigenvalue weighted by atomic mass is 9.33. The van der Waals surface area contributed by atoms with Gasteiger partial charge in [-0.1, -0.05) is 199 Å². The van der Waals surface area contributed by atoms with Crippen LogP contribution in [0.2, 0.25) is 10.0 Å². The van der Waals surface area contributed by atoms with E-state index in [-0.39, 0.29) is 6.71 Å². The van der Waals surface area contributed by atoms with Crippen molar-refractivity contribution in [1.82, 2.24) is 0 Å². The van der Waals surface area contributed by atoms with Gasteiger partial charge in [0, 0.05) is 43.9 Å². The van der Waals surface area contributed by atoms with Crippen LogP contribution in [0.15, 0.2) is 237 Å². The van der Waals surface area contributed by atoms with Gasteiger partial charge in [-0.3, -0.25) is 0 Å². The van der Waals surface area contributed by atoms with E-state index in [2.05, 4.69) is 234 Å². The molecule has 0 bridgehead atoms. The Hall–Kier alpha value is -7.56. The molecule has 0 N–H and O–H groups in total. The molecule has 306 valence electrons. The minimum absolute atomic E-state index is 0.130. The summed E-state index contributed by atoms with van der Waals surface area (Å²) < 4.78 is 0. The van der Waals surface area contributed by atoms with Gasteiger partial charge in [0.05, 0.1) is 11.4 Å². The van der Waals surface area contributed by atoms with Gasteiger partial charge in [-0.2, -0.15) is 0 Å². The zero-order valence-corrected chi connectivity index (χ0v) is 36.8. The Morgan fingerprint density at radius 2 is 0.600 bits per heavy atom. The number of hydrogen-bond donors (Lipinski definition) is 0. The van der Waals surface area contributed by atoms with Crippen LogP contribution in [0.3, 0.4) is 0 Å². The van der Waals surface area contributed by atoms with Crippen LogP contribution in [0.4, 0.5) is 34.1 Å². The van der Waals surface area contributed by atoms with Gasteiger partial charge >= 0.3 is 0 Å². The molecule has 0 radical (unpaired) electrons. The van der Waals surface area contributed by atoms with E-state index in [9.17, 15) is 0 Å². The number of anilines is 6. The highest BCUT2D eigenvalue weighted by Crippen LogP contribution is 2.50. The van der Waals surface area contributed by atoms with Crippen molar-refractivity contribution in [1.29, 1.82) is 0 Å². The van der Waals surface area contributed by atoms with Gasteiger partial charge in [-0.25, -0.2) is 0 Å². The third-order valence-electron chi connectivity index (χ3n) is 13.0. The molecule has 2 nitrogen and oxygen atoms in total. The Bertz CT molecular complexity index is 3190. The average molecular weight is 870 g/mol. The van der Waals surface area contributed by atoms with Crippen LogP contribution in [-0.4, -0.2) is 6.71 Å². The fourth-order valence-electron chi connectivity index (χ4n) is 10.0. The Balaban J connectivity index is 1.23. The van der Waals surface area contributed by atoms with Crippen molar-refractivity contribution in [2.45, 2.75) is 0 Å². The fraction of sp³-hybridized carbons (Fsp3) is 0. The first-order valence-electron chi connectivity index (χ1n) is 22.0. The second kappa shape index (κ2) is 16.2. The molecule has 0 amide bonds. The van der Waals surface area contributed by atoms with Gasteiger partial charge in [-0.05, 0) is 122 Å². The summed E-state index contributed by atoms with van der Waals surface area (Å²) in [5, 5.41) is 1.37. The normalized spacial score (nSPS) is 12.4. The van der Waals surface area contributed by atoms with Gasteiger partial charge < -0.3 is 9.80 Å². The first kappa shape index (κ1) is 39.1. The zero-order valence-electron chi connectivity index (χ0n) is 35.2. The first-order valence-corrected chi connectivity index (χ1v) is 22.8. The molecule has 2 aliphatic rings. The van der Waals surface area contributed by atoms with Crippen LogP contribution in [0.1, 0.15) is 0 Å². The van der Waals surface area contributed by atoms with E-state index in [0.29, 0.717) is 10.0 Å². The molecule has 12 rings (SSSR count). The maximum Gasteiger partial charge on any atom is 0.252 e. The van der Waals surface area contributed by atoms with Crippen molar-refractivity contribution in [2.24, 2.45) is 0 Å².